The van der Waals surface area contributed by atoms with E-state index in [9.17, 15) is 9.36 Å². The van der Waals surface area contributed by atoms with Crippen LogP contribution in [-0.4, -0.2) is 38.7 Å². The van der Waals surface area contributed by atoms with Crippen molar-refractivity contribution in [1.29, 1.82) is 0 Å². The van der Waals surface area contributed by atoms with Crippen LogP contribution < -0.4 is 14.3 Å². The number of allylic oxidation sites excluding steroid dienone is 1. The Labute approximate surface area is 155 Å². The molecule has 0 aliphatic carbocycles. The van der Waals surface area contributed by atoms with Crippen LogP contribution in [-0.2, 0) is 18.8 Å². The molecule has 0 aliphatic heterocycles. The normalized spacial score (nSPS) is 14.9. The van der Waals surface area contributed by atoms with Crippen LogP contribution in [0.5, 0.6) is 11.5 Å². The molecule has 0 saturated carbocycles. The maximum atomic E-state index is 13.1. The molecular weight excluding hydrogens is 357 g/mol. The van der Waals surface area contributed by atoms with Crippen molar-refractivity contribution in [3.63, 3.8) is 0 Å². The van der Waals surface area contributed by atoms with E-state index in [0.717, 1.165) is 5.56 Å². The minimum Gasteiger partial charge on any atom is -0.493 e. The molecule has 0 bridgehead atoms. The molecule has 1 rings (SSSR count). The minimum absolute atomic E-state index is 0.216. The Hall–Kier alpha value is -1.82. The molecule has 0 radical (unpaired) electrons. The van der Waals surface area contributed by atoms with Gasteiger partial charge in [-0.2, -0.15) is 0 Å². The summed E-state index contributed by atoms with van der Waals surface area (Å²) in [4.78, 5) is 12.0. The van der Waals surface area contributed by atoms with Gasteiger partial charge in [0.15, 0.2) is 11.5 Å². The summed E-state index contributed by atoms with van der Waals surface area (Å²) in [6.07, 6.45) is 3.32. The average molecular weight is 385 g/mol. The highest BCUT2D eigenvalue weighted by Crippen LogP contribution is 2.46. The Morgan fingerprint density at radius 2 is 1.92 bits per heavy atom. The van der Waals surface area contributed by atoms with Crippen molar-refractivity contribution < 1.29 is 28.1 Å². The summed E-state index contributed by atoms with van der Waals surface area (Å²) in [5.74, 6) is 0.199. The topological polar surface area (TPSA) is 83.1 Å². The van der Waals surface area contributed by atoms with E-state index in [0.29, 0.717) is 5.75 Å². The molecule has 0 spiro atoms. The number of carbonyl (C=O) groups excluding carboxylic acids is 1. The van der Waals surface area contributed by atoms with Gasteiger partial charge in [-0.1, -0.05) is 18.2 Å². The zero-order valence-corrected chi connectivity index (χ0v) is 17.0. The van der Waals surface area contributed by atoms with Crippen molar-refractivity contribution in [3.8, 4) is 11.5 Å². The van der Waals surface area contributed by atoms with E-state index in [1.54, 1.807) is 32.9 Å². The summed E-state index contributed by atoms with van der Waals surface area (Å²) in [5, 5.41) is 2.70. The van der Waals surface area contributed by atoms with Gasteiger partial charge in [-0.3, -0.25) is 9.36 Å². The molecule has 7 nitrogen and oxygen atoms in total. The van der Waals surface area contributed by atoms with E-state index < -0.39 is 19.5 Å². The first-order chi connectivity index (χ1) is 12.2. The van der Waals surface area contributed by atoms with Crippen LogP contribution in [0.25, 0.3) is 6.08 Å². The minimum atomic E-state index is -3.54. The predicted octanol–water partition coefficient (Wildman–Crippen LogP) is 3.83. The number of hydrogen-bond acceptors (Lipinski definition) is 6. The Morgan fingerprint density at radius 1 is 1.23 bits per heavy atom. The molecule has 1 aromatic carbocycles. The fourth-order valence-corrected chi connectivity index (χ4v) is 3.84. The van der Waals surface area contributed by atoms with Gasteiger partial charge in [0.05, 0.1) is 13.2 Å². The molecular formula is C18H28NO6P. The second kappa shape index (κ2) is 10.4. The lowest BCUT2D eigenvalue weighted by molar-refractivity contribution is -0.149. The molecule has 1 aromatic rings. The van der Waals surface area contributed by atoms with Crippen LogP contribution in [0.4, 0.5) is 0 Å². The van der Waals surface area contributed by atoms with Crippen LogP contribution in [0.2, 0.25) is 0 Å². The standard InChI is InChI=1S/C18H28NO6P/c1-7-8-15-9-10-16(17(11-15)23-6)25-26(21,12-22-5)19-14(4)18(20)24-13(2)3/h7-11,13-14H,12H2,1-6H3,(H,19,21)/b8-7+/t14-,26?/m0/s1. The van der Waals surface area contributed by atoms with Gasteiger partial charge >= 0.3 is 13.5 Å². The van der Waals surface area contributed by atoms with Crippen molar-refractivity contribution in [2.45, 2.75) is 39.8 Å². The number of ether oxygens (including phenoxy) is 3. The zero-order valence-electron chi connectivity index (χ0n) is 16.1. The first-order valence-corrected chi connectivity index (χ1v) is 10.1. The number of carbonyl (C=O) groups is 1. The third-order valence-corrected chi connectivity index (χ3v) is 5.06. The highest BCUT2D eigenvalue weighted by atomic mass is 31.2. The average Bonchev–Trinajstić information content (AvgIpc) is 2.55. The number of esters is 1. The fraction of sp³-hybridized carbons (Fsp3) is 0.500. The molecule has 0 saturated heterocycles. The molecule has 0 fully saturated rings. The summed E-state index contributed by atoms with van der Waals surface area (Å²) >= 11 is 0. The van der Waals surface area contributed by atoms with E-state index in [1.807, 2.05) is 25.1 Å². The Kier molecular flexibility index (Phi) is 8.85. The quantitative estimate of drug-likeness (QED) is 0.484. The van der Waals surface area contributed by atoms with Gasteiger partial charge in [-0.15, -0.1) is 0 Å². The SMILES string of the molecule is C/C=C/c1ccc(OP(=O)(COC)N[C@@H](C)C(=O)OC(C)C)c(OC)c1. The first kappa shape index (κ1) is 22.2. The van der Waals surface area contributed by atoms with Gasteiger partial charge in [0, 0.05) is 7.11 Å². The molecule has 1 N–H and O–H groups in total. The molecule has 8 heteroatoms. The number of hydrogen-bond donors (Lipinski definition) is 1. The third-order valence-electron chi connectivity index (χ3n) is 3.19. The Bertz CT molecular complexity index is 674. The summed E-state index contributed by atoms with van der Waals surface area (Å²) in [6.45, 7) is 6.95. The summed E-state index contributed by atoms with van der Waals surface area (Å²) in [5.41, 5.74) is 0.917. The van der Waals surface area contributed by atoms with Gasteiger partial charge in [0.25, 0.3) is 0 Å². The molecule has 0 aliphatic rings. The van der Waals surface area contributed by atoms with Crippen molar-refractivity contribution in [2.75, 3.05) is 20.6 Å². The highest BCUT2D eigenvalue weighted by molar-refractivity contribution is 7.57. The van der Waals surface area contributed by atoms with E-state index in [1.165, 1.54) is 14.2 Å². The van der Waals surface area contributed by atoms with E-state index in [4.69, 9.17) is 18.7 Å². The highest BCUT2D eigenvalue weighted by Gasteiger charge is 2.31. The van der Waals surface area contributed by atoms with Crippen LogP contribution in [0.15, 0.2) is 24.3 Å². The number of nitrogens with one attached hydrogen (secondary N) is 1. The number of rotatable bonds is 10. The van der Waals surface area contributed by atoms with Gasteiger partial charge in [-0.05, 0) is 45.4 Å². The second-order valence-corrected chi connectivity index (χ2v) is 7.98. The molecule has 1 unspecified atom stereocenters. The van der Waals surface area contributed by atoms with Gasteiger partial charge in [-0.25, -0.2) is 5.09 Å². The van der Waals surface area contributed by atoms with E-state index in [-0.39, 0.29) is 18.2 Å². The maximum Gasteiger partial charge on any atom is 0.342 e. The molecule has 26 heavy (non-hydrogen) atoms. The van der Waals surface area contributed by atoms with Crippen molar-refractivity contribution in [3.05, 3.63) is 29.8 Å². The summed E-state index contributed by atoms with van der Waals surface area (Å²) < 4.78 is 34.3. The molecule has 0 heterocycles. The van der Waals surface area contributed by atoms with Crippen molar-refractivity contribution in [1.82, 2.24) is 5.09 Å². The molecule has 2 atom stereocenters. The lowest BCUT2D eigenvalue weighted by Crippen LogP contribution is -2.36. The first-order valence-electron chi connectivity index (χ1n) is 8.31. The van der Waals surface area contributed by atoms with Crippen LogP contribution in [0.3, 0.4) is 0 Å². The second-order valence-electron chi connectivity index (χ2n) is 5.93. The molecule has 146 valence electrons. The molecule has 0 amide bonds. The predicted molar refractivity (Wildman–Crippen MR) is 102 cm³/mol. The number of benzene rings is 1. The Morgan fingerprint density at radius 3 is 2.46 bits per heavy atom. The van der Waals surface area contributed by atoms with Crippen LogP contribution >= 0.6 is 7.52 Å². The largest absolute Gasteiger partial charge is 0.493 e. The van der Waals surface area contributed by atoms with Crippen LogP contribution in [0.1, 0.15) is 33.3 Å². The summed E-state index contributed by atoms with van der Waals surface area (Å²) in [6, 6.07) is 4.41. The van der Waals surface area contributed by atoms with Crippen LogP contribution in [0, 0.1) is 0 Å². The van der Waals surface area contributed by atoms with Crippen molar-refractivity contribution >= 4 is 19.6 Å². The smallest absolute Gasteiger partial charge is 0.342 e. The van der Waals surface area contributed by atoms with Gasteiger partial charge in [0.1, 0.15) is 12.4 Å². The van der Waals surface area contributed by atoms with E-state index in [2.05, 4.69) is 5.09 Å². The number of methoxy groups -OCH3 is 2. The van der Waals surface area contributed by atoms with Gasteiger partial charge < -0.3 is 18.7 Å². The lowest BCUT2D eigenvalue weighted by Gasteiger charge is -2.24. The monoisotopic (exact) mass is 385 g/mol. The van der Waals surface area contributed by atoms with E-state index >= 15 is 0 Å². The zero-order chi connectivity index (χ0) is 19.7. The maximum absolute atomic E-state index is 13.1. The van der Waals surface area contributed by atoms with Crippen molar-refractivity contribution in [2.24, 2.45) is 0 Å². The fourth-order valence-electron chi connectivity index (χ4n) is 2.16. The Balaban J connectivity index is 3.02. The lowest BCUT2D eigenvalue weighted by atomic mass is 10.2. The molecule has 0 aromatic heterocycles. The third kappa shape index (κ3) is 6.83. The summed E-state index contributed by atoms with van der Waals surface area (Å²) in [7, 11) is -0.633. The van der Waals surface area contributed by atoms with Gasteiger partial charge in [0.2, 0.25) is 0 Å².